The Bertz CT molecular complexity index is 476. The second-order valence-electron chi connectivity index (χ2n) is 3.24. The Balaban J connectivity index is 3.02. The molecule has 0 spiro atoms. The smallest absolute Gasteiger partial charge is 0.237 e. The van der Waals surface area contributed by atoms with Crippen molar-refractivity contribution in [3.8, 4) is 0 Å². The van der Waals surface area contributed by atoms with Crippen molar-refractivity contribution in [3.63, 3.8) is 0 Å². The molecule has 4 nitrogen and oxygen atoms in total. The Morgan fingerprint density at radius 1 is 1.44 bits per heavy atom. The first-order chi connectivity index (χ1) is 7.38. The molecule has 90 valence electrons. The van der Waals surface area contributed by atoms with E-state index < -0.39 is 39.2 Å². The number of aliphatic hydroxyl groups excluding tert-OH is 1. The van der Waals surface area contributed by atoms with Crippen LogP contribution in [0.2, 0.25) is 0 Å². The van der Waals surface area contributed by atoms with E-state index in [1.807, 2.05) is 4.72 Å². The fraction of sp³-hybridized carbons (Fsp3) is 0.333. The van der Waals surface area contributed by atoms with E-state index in [1.165, 1.54) is 13.0 Å². The molecule has 0 radical (unpaired) electrons. The van der Waals surface area contributed by atoms with Crippen LogP contribution in [-0.2, 0) is 10.0 Å². The Hall–Kier alpha value is -1.21. The van der Waals surface area contributed by atoms with E-state index in [4.69, 9.17) is 5.11 Å². The Labute approximate surface area is 92.0 Å². The van der Waals surface area contributed by atoms with Crippen LogP contribution in [0.5, 0.6) is 0 Å². The van der Waals surface area contributed by atoms with Gasteiger partial charge in [0.2, 0.25) is 10.0 Å². The summed E-state index contributed by atoms with van der Waals surface area (Å²) in [5, 5.41) is 7.58. The molecular formula is C9H11F2NO3S. The minimum atomic E-state index is -3.91. The second kappa shape index (κ2) is 4.75. The summed E-state index contributed by atoms with van der Waals surface area (Å²) >= 11 is 0. The summed E-state index contributed by atoms with van der Waals surface area (Å²) < 4.78 is 50.7. The van der Waals surface area contributed by atoms with Crippen LogP contribution in [-0.4, -0.2) is 25.4 Å². The molecule has 0 saturated heterocycles. The summed E-state index contributed by atoms with van der Waals surface area (Å²) in [5.74, 6) is -2.41. The second-order valence-corrected chi connectivity index (χ2v) is 5.34. The number of nitrogens with one attached hydrogen (secondary N) is 1. The summed E-state index contributed by atoms with van der Waals surface area (Å²) in [4.78, 5) is 0. The van der Waals surface area contributed by atoms with Crippen LogP contribution < -0.4 is 4.72 Å². The normalized spacial score (nSPS) is 13.5. The number of anilines is 1. The van der Waals surface area contributed by atoms with Crippen molar-refractivity contribution in [3.05, 3.63) is 29.8 Å². The Morgan fingerprint density at radius 3 is 2.62 bits per heavy atom. The third-order valence-corrected chi connectivity index (χ3v) is 3.70. The molecule has 1 atom stereocenters. The van der Waals surface area contributed by atoms with Gasteiger partial charge in [0.15, 0.2) is 11.6 Å². The molecule has 7 heteroatoms. The minimum Gasteiger partial charge on any atom is -0.395 e. The lowest BCUT2D eigenvalue weighted by molar-refractivity contribution is 0.296. The third-order valence-electron chi connectivity index (χ3n) is 1.99. The van der Waals surface area contributed by atoms with Gasteiger partial charge in [0.05, 0.1) is 12.3 Å². The van der Waals surface area contributed by atoms with Gasteiger partial charge in [-0.25, -0.2) is 17.2 Å². The van der Waals surface area contributed by atoms with Crippen molar-refractivity contribution in [2.75, 3.05) is 11.3 Å². The highest BCUT2D eigenvalue weighted by atomic mass is 32.2. The minimum absolute atomic E-state index is 0.472. The molecule has 0 aliphatic heterocycles. The topological polar surface area (TPSA) is 66.4 Å². The molecule has 0 aliphatic rings. The molecule has 0 aromatic heterocycles. The van der Waals surface area contributed by atoms with Crippen molar-refractivity contribution in [1.29, 1.82) is 0 Å². The van der Waals surface area contributed by atoms with Crippen LogP contribution >= 0.6 is 0 Å². The molecular weight excluding hydrogens is 240 g/mol. The maximum Gasteiger partial charge on any atom is 0.237 e. The summed E-state index contributed by atoms with van der Waals surface area (Å²) in [7, 11) is -3.91. The van der Waals surface area contributed by atoms with Crippen molar-refractivity contribution in [2.24, 2.45) is 0 Å². The number of halogens is 2. The third kappa shape index (κ3) is 2.67. The largest absolute Gasteiger partial charge is 0.395 e. The van der Waals surface area contributed by atoms with Gasteiger partial charge in [-0.2, -0.15) is 0 Å². The summed E-state index contributed by atoms with van der Waals surface area (Å²) in [6, 6.07) is 3.16. The van der Waals surface area contributed by atoms with Crippen LogP contribution in [0.1, 0.15) is 6.92 Å². The van der Waals surface area contributed by atoms with E-state index in [2.05, 4.69) is 0 Å². The highest BCUT2D eigenvalue weighted by Crippen LogP contribution is 2.18. The molecule has 0 saturated carbocycles. The molecule has 0 aliphatic carbocycles. The van der Waals surface area contributed by atoms with Crippen LogP contribution in [0.25, 0.3) is 0 Å². The lowest BCUT2D eigenvalue weighted by atomic mass is 10.3. The first kappa shape index (κ1) is 12.9. The van der Waals surface area contributed by atoms with Crippen LogP contribution in [0.3, 0.4) is 0 Å². The van der Waals surface area contributed by atoms with Gasteiger partial charge in [0.25, 0.3) is 0 Å². The van der Waals surface area contributed by atoms with E-state index in [0.29, 0.717) is 0 Å². The molecule has 1 unspecified atom stereocenters. The molecule has 2 N–H and O–H groups in total. The first-order valence-electron chi connectivity index (χ1n) is 4.45. The summed E-state index contributed by atoms with van der Waals surface area (Å²) in [5.41, 5.74) is -0.472. The van der Waals surface area contributed by atoms with Gasteiger partial charge in [-0.3, -0.25) is 4.72 Å². The zero-order valence-electron chi connectivity index (χ0n) is 8.44. The van der Waals surface area contributed by atoms with E-state index >= 15 is 0 Å². The fourth-order valence-corrected chi connectivity index (χ4v) is 1.80. The monoisotopic (exact) mass is 251 g/mol. The van der Waals surface area contributed by atoms with E-state index in [9.17, 15) is 17.2 Å². The number of hydrogen-bond donors (Lipinski definition) is 2. The van der Waals surface area contributed by atoms with E-state index in [1.54, 1.807) is 0 Å². The number of benzene rings is 1. The quantitative estimate of drug-likeness (QED) is 0.841. The average molecular weight is 251 g/mol. The van der Waals surface area contributed by atoms with Crippen LogP contribution in [0, 0.1) is 11.6 Å². The van der Waals surface area contributed by atoms with E-state index in [0.717, 1.165) is 12.1 Å². The maximum atomic E-state index is 13.1. The van der Waals surface area contributed by atoms with Crippen LogP contribution in [0.15, 0.2) is 18.2 Å². The number of rotatable bonds is 4. The predicted octanol–water partition coefficient (Wildman–Crippen LogP) is 1.09. The lowest BCUT2D eigenvalue weighted by Crippen LogP contribution is -2.28. The molecule has 0 bridgehead atoms. The van der Waals surface area contributed by atoms with Crippen LogP contribution in [0.4, 0.5) is 14.5 Å². The molecule has 1 aromatic rings. The number of aliphatic hydroxyl groups is 1. The molecule has 0 amide bonds. The molecule has 1 aromatic carbocycles. The standard InChI is InChI=1S/C9H11F2NO3S/c1-6(5-13)16(14,15)12-8-4-2-3-7(10)9(8)11/h2-4,6,12-13H,5H2,1H3. The van der Waals surface area contributed by atoms with Gasteiger partial charge in [0, 0.05) is 0 Å². The first-order valence-corrected chi connectivity index (χ1v) is 5.99. The molecule has 0 fully saturated rings. The zero-order valence-corrected chi connectivity index (χ0v) is 9.26. The molecule has 1 rings (SSSR count). The number of hydrogen-bond acceptors (Lipinski definition) is 3. The highest BCUT2D eigenvalue weighted by Gasteiger charge is 2.21. The predicted molar refractivity (Wildman–Crippen MR) is 55.4 cm³/mol. The summed E-state index contributed by atoms with van der Waals surface area (Å²) in [6.07, 6.45) is 0. The zero-order chi connectivity index (χ0) is 12.3. The van der Waals surface area contributed by atoms with Gasteiger partial charge in [-0.05, 0) is 19.1 Å². The van der Waals surface area contributed by atoms with Gasteiger partial charge < -0.3 is 5.11 Å². The van der Waals surface area contributed by atoms with Gasteiger partial charge in [0.1, 0.15) is 5.25 Å². The number of sulfonamides is 1. The van der Waals surface area contributed by atoms with Crippen molar-refractivity contribution < 1.29 is 22.3 Å². The Morgan fingerprint density at radius 2 is 2.06 bits per heavy atom. The van der Waals surface area contributed by atoms with Crippen molar-refractivity contribution >= 4 is 15.7 Å². The fourth-order valence-electron chi connectivity index (χ4n) is 0.935. The molecule has 16 heavy (non-hydrogen) atoms. The van der Waals surface area contributed by atoms with Crippen molar-refractivity contribution in [2.45, 2.75) is 12.2 Å². The highest BCUT2D eigenvalue weighted by molar-refractivity contribution is 7.93. The van der Waals surface area contributed by atoms with Gasteiger partial charge >= 0.3 is 0 Å². The summed E-state index contributed by atoms with van der Waals surface area (Å²) in [6.45, 7) is 0.645. The maximum absolute atomic E-state index is 13.1. The lowest BCUT2D eigenvalue weighted by Gasteiger charge is -2.12. The van der Waals surface area contributed by atoms with E-state index in [-0.39, 0.29) is 0 Å². The van der Waals surface area contributed by atoms with Gasteiger partial charge in [-0.1, -0.05) is 6.07 Å². The van der Waals surface area contributed by atoms with Crippen molar-refractivity contribution in [1.82, 2.24) is 0 Å². The average Bonchev–Trinajstić information content (AvgIpc) is 2.23. The van der Waals surface area contributed by atoms with Gasteiger partial charge in [-0.15, -0.1) is 0 Å². The Kier molecular flexibility index (Phi) is 3.82. The SMILES string of the molecule is CC(CO)S(=O)(=O)Nc1cccc(F)c1F. The molecule has 0 heterocycles.